The van der Waals surface area contributed by atoms with Crippen LogP contribution in [0.3, 0.4) is 0 Å². The number of furan rings is 1. The molecule has 0 saturated carbocycles. The average molecular weight is 428 g/mol. The van der Waals surface area contributed by atoms with Crippen molar-refractivity contribution in [1.82, 2.24) is 10.6 Å². The number of hydrogen-bond donors (Lipinski definition) is 2. The minimum Gasteiger partial charge on any atom is -0.459 e. The highest BCUT2D eigenvalue weighted by atomic mass is 32.2. The maximum absolute atomic E-state index is 12.3. The summed E-state index contributed by atoms with van der Waals surface area (Å²) in [6.07, 6.45) is 0.517. The van der Waals surface area contributed by atoms with E-state index in [9.17, 15) is 8.42 Å². The largest absolute Gasteiger partial charge is 0.459 e. The van der Waals surface area contributed by atoms with Gasteiger partial charge >= 0.3 is 0 Å². The highest BCUT2D eigenvalue weighted by molar-refractivity contribution is 7.90. The van der Waals surface area contributed by atoms with Crippen molar-refractivity contribution in [3.63, 3.8) is 0 Å². The summed E-state index contributed by atoms with van der Waals surface area (Å²) in [6, 6.07) is 17.2. The second kappa shape index (κ2) is 10.3. The van der Waals surface area contributed by atoms with E-state index in [-0.39, 0.29) is 11.5 Å². The number of hydrogen-bond acceptors (Lipinski definition) is 4. The van der Waals surface area contributed by atoms with Crippen LogP contribution in [0.1, 0.15) is 30.2 Å². The van der Waals surface area contributed by atoms with Crippen molar-refractivity contribution in [2.75, 3.05) is 18.8 Å². The SMILES string of the molecule is CCNC(=NCc1oc2ccccc2c1C)NCCCS(=O)(=O)Cc1ccccc1. The Hall–Kier alpha value is -2.80. The lowest BCUT2D eigenvalue weighted by Crippen LogP contribution is -2.38. The molecule has 0 bridgehead atoms. The summed E-state index contributed by atoms with van der Waals surface area (Å²) < 4.78 is 30.5. The summed E-state index contributed by atoms with van der Waals surface area (Å²) in [5.41, 5.74) is 2.78. The molecule has 0 amide bonds. The summed E-state index contributed by atoms with van der Waals surface area (Å²) in [7, 11) is -3.14. The molecule has 3 rings (SSSR count). The van der Waals surface area contributed by atoms with Crippen LogP contribution in [0.4, 0.5) is 0 Å². The molecule has 1 aromatic heterocycles. The van der Waals surface area contributed by atoms with Gasteiger partial charge in [0.25, 0.3) is 0 Å². The molecule has 1 heterocycles. The van der Waals surface area contributed by atoms with Crippen molar-refractivity contribution >= 4 is 26.8 Å². The van der Waals surface area contributed by atoms with Gasteiger partial charge in [-0.2, -0.15) is 0 Å². The Labute approximate surface area is 178 Å². The molecule has 3 aromatic rings. The third-order valence-corrected chi connectivity index (χ3v) is 6.51. The fourth-order valence-electron chi connectivity index (χ4n) is 3.27. The van der Waals surface area contributed by atoms with Crippen molar-refractivity contribution in [3.8, 4) is 0 Å². The number of nitrogens with zero attached hydrogens (tertiary/aromatic N) is 1. The molecule has 0 saturated heterocycles. The normalized spacial score (nSPS) is 12.3. The van der Waals surface area contributed by atoms with Crippen LogP contribution in [0.2, 0.25) is 0 Å². The van der Waals surface area contributed by atoms with E-state index in [1.54, 1.807) is 0 Å². The highest BCUT2D eigenvalue weighted by Gasteiger charge is 2.12. The number of aliphatic imine (C=N–C) groups is 1. The molecule has 0 spiro atoms. The predicted molar refractivity (Wildman–Crippen MR) is 122 cm³/mol. The number of rotatable bonds is 9. The number of aryl methyl sites for hydroxylation is 1. The van der Waals surface area contributed by atoms with Gasteiger partial charge in [0.15, 0.2) is 15.8 Å². The Morgan fingerprint density at radius 1 is 1.03 bits per heavy atom. The molecule has 0 atom stereocenters. The number of nitrogens with one attached hydrogen (secondary N) is 2. The van der Waals surface area contributed by atoms with Gasteiger partial charge in [-0.1, -0.05) is 48.5 Å². The first kappa shape index (κ1) is 21.9. The van der Waals surface area contributed by atoms with Crippen LogP contribution in [-0.2, 0) is 22.1 Å². The van der Waals surface area contributed by atoms with E-state index in [2.05, 4.69) is 15.6 Å². The zero-order valence-corrected chi connectivity index (χ0v) is 18.3. The fraction of sp³-hybridized carbons (Fsp3) is 0.348. The van der Waals surface area contributed by atoms with E-state index < -0.39 is 9.84 Å². The molecule has 0 aliphatic carbocycles. The minimum absolute atomic E-state index is 0.0767. The lowest BCUT2D eigenvalue weighted by atomic mass is 10.1. The number of para-hydroxylation sites is 1. The third kappa shape index (κ3) is 6.10. The Bertz CT molecular complexity index is 1090. The van der Waals surface area contributed by atoms with Crippen LogP contribution < -0.4 is 10.6 Å². The summed E-state index contributed by atoms with van der Waals surface area (Å²) >= 11 is 0. The Morgan fingerprint density at radius 2 is 1.77 bits per heavy atom. The first-order chi connectivity index (χ1) is 14.5. The Kier molecular flexibility index (Phi) is 7.52. The van der Waals surface area contributed by atoms with Crippen LogP contribution in [0.25, 0.3) is 11.0 Å². The molecule has 0 fully saturated rings. The molecule has 30 heavy (non-hydrogen) atoms. The van der Waals surface area contributed by atoms with Gasteiger partial charge in [0.05, 0.1) is 11.5 Å². The first-order valence-electron chi connectivity index (χ1n) is 10.2. The van der Waals surface area contributed by atoms with E-state index in [1.807, 2.05) is 68.4 Å². The van der Waals surface area contributed by atoms with Crippen molar-refractivity contribution in [2.24, 2.45) is 4.99 Å². The van der Waals surface area contributed by atoms with Crippen molar-refractivity contribution in [3.05, 3.63) is 71.5 Å². The monoisotopic (exact) mass is 427 g/mol. The van der Waals surface area contributed by atoms with Crippen LogP contribution in [-0.4, -0.2) is 33.2 Å². The van der Waals surface area contributed by atoms with Gasteiger partial charge in [0, 0.05) is 24.0 Å². The van der Waals surface area contributed by atoms with Crippen LogP contribution in [0, 0.1) is 6.92 Å². The van der Waals surface area contributed by atoms with E-state index >= 15 is 0 Å². The topological polar surface area (TPSA) is 83.7 Å². The average Bonchev–Trinajstić information content (AvgIpc) is 3.05. The van der Waals surface area contributed by atoms with Gasteiger partial charge in [-0.25, -0.2) is 13.4 Å². The third-order valence-electron chi connectivity index (χ3n) is 4.82. The lowest BCUT2D eigenvalue weighted by molar-refractivity contribution is 0.548. The van der Waals surface area contributed by atoms with Crippen LogP contribution >= 0.6 is 0 Å². The number of fused-ring (bicyclic) bond motifs is 1. The van der Waals surface area contributed by atoms with Crippen molar-refractivity contribution < 1.29 is 12.8 Å². The van der Waals surface area contributed by atoms with E-state index in [1.165, 1.54) is 0 Å². The molecule has 0 unspecified atom stereocenters. The van der Waals surface area contributed by atoms with Crippen LogP contribution in [0.5, 0.6) is 0 Å². The highest BCUT2D eigenvalue weighted by Crippen LogP contribution is 2.25. The zero-order chi connectivity index (χ0) is 21.4. The maximum Gasteiger partial charge on any atom is 0.191 e. The van der Waals surface area contributed by atoms with Gasteiger partial charge in [-0.15, -0.1) is 0 Å². The van der Waals surface area contributed by atoms with Crippen molar-refractivity contribution in [1.29, 1.82) is 0 Å². The number of guanidine groups is 1. The summed E-state index contributed by atoms with van der Waals surface area (Å²) in [4.78, 5) is 4.59. The first-order valence-corrected chi connectivity index (χ1v) is 12.0. The quantitative estimate of drug-likeness (QED) is 0.308. The standard InChI is InChI=1S/C23H29N3O3S/c1-3-24-23(26-16-22-18(2)20-12-7-8-13-21(20)29-22)25-14-9-15-30(27,28)17-19-10-5-4-6-11-19/h4-8,10-13H,3,9,14-17H2,1-2H3,(H2,24,25,26). The molecule has 0 aliphatic heterocycles. The van der Waals surface area contributed by atoms with E-state index in [0.29, 0.717) is 25.5 Å². The summed E-state index contributed by atoms with van der Waals surface area (Å²) in [6.45, 7) is 5.70. The predicted octanol–water partition coefficient (Wildman–Crippen LogP) is 3.80. The molecular formula is C23H29N3O3S. The van der Waals surface area contributed by atoms with Crippen molar-refractivity contribution in [2.45, 2.75) is 32.6 Å². The molecule has 2 aromatic carbocycles. The van der Waals surface area contributed by atoms with Gasteiger partial charge in [-0.05, 0) is 31.9 Å². The molecule has 160 valence electrons. The van der Waals surface area contributed by atoms with Gasteiger partial charge < -0.3 is 15.1 Å². The second-order valence-corrected chi connectivity index (χ2v) is 9.38. The van der Waals surface area contributed by atoms with Gasteiger partial charge in [-0.3, -0.25) is 0 Å². The maximum atomic E-state index is 12.3. The van der Waals surface area contributed by atoms with Gasteiger partial charge in [0.2, 0.25) is 0 Å². The van der Waals surface area contributed by atoms with E-state index in [0.717, 1.165) is 34.4 Å². The fourth-order valence-corrected chi connectivity index (χ4v) is 4.70. The van der Waals surface area contributed by atoms with Gasteiger partial charge in [0.1, 0.15) is 17.9 Å². The molecule has 0 aliphatic rings. The van der Waals surface area contributed by atoms with E-state index in [4.69, 9.17) is 4.42 Å². The molecule has 0 radical (unpaired) electrons. The number of sulfone groups is 1. The molecule has 6 nitrogen and oxygen atoms in total. The molecular weight excluding hydrogens is 398 g/mol. The summed E-state index contributed by atoms with van der Waals surface area (Å²) in [5.74, 6) is 1.70. The van der Waals surface area contributed by atoms with Crippen LogP contribution in [0.15, 0.2) is 64.0 Å². The summed E-state index contributed by atoms with van der Waals surface area (Å²) in [5, 5.41) is 7.51. The second-order valence-electron chi connectivity index (χ2n) is 7.20. The Morgan fingerprint density at radius 3 is 2.50 bits per heavy atom. The number of benzene rings is 2. The lowest BCUT2D eigenvalue weighted by Gasteiger charge is -2.11. The molecule has 2 N–H and O–H groups in total. The minimum atomic E-state index is -3.14. The smallest absolute Gasteiger partial charge is 0.191 e. The Balaban J connectivity index is 1.53. The zero-order valence-electron chi connectivity index (χ0n) is 17.5. The molecule has 7 heteroatoms.